The number of aromatic nitrogens is 2. The molecule has 2 aromatic heterocycles. The fraction of sp³-hybridized carbons (Fsp3) is 0. The van der Waals surface area contributed by atoms with E-state index in [0.29, 0.717) is 0 Å². The summed E-state index contributed by atoms with van der Waals surface area (Å²) in [4.78, 5) is 8.64. The van der Waals surface area contributed by atoms with Gasteiger partial charge < -0.3 is 0 Å². The molecule has 0 bridgehead atoms. The summed E-state index contributed by atoms with van der Waals surface area (Å²) in [6.45, 7) is 0. The van der Waals surface area contributed by atoms with Crippen LogP contribution in [0.1, 0.15) is 0 Å². The number of benzene rings is 1. The standard InChI is InChI=1S/C14H9ClN2S.BrH/c15-12-3-1-10(2-4-12)13-9-18-14(17-13)11-5-7-16-8-6-11;/h1-9H;1H. The number of halogens is 2. The second-order valence-corrected chi connectivity index (χ2v) is 5.08. The van der Waals surface area contributed by atoms with Crippen LogP contribution < -0.4 is 0 Å². The van der Waals surface area contributed by atoms with Gasteiger partial charge in [0.2, 0.25) is 0 Å². The number of hydrogen-bond acceptors (Lipinski definition) is 3. The van der Waals surface area contributed by atoms with Crippen LogP contribution in [0.25, 0.3) is 21.8 Å². The van der Waals surface area contributed by atoms with Crippen LogP contribution in [0.5, 0.6) is 0 Å². The van der Waals surface area contributed by atoms with E-state index in [9.17, 15) is 0 Å². The van der Waals surface area contributed by atoms with E-state index in [0.717, 1.165) is 26.9 Å². The highest BCUT2D eigenvalue weighted by Crippen LogP contribution is 2.28. The molecule has 0 amide bonds. The molecule has 1 aromatic carbocycles. The zero-order valence-corrected chi connectivity index (χ0v) is 13.1. The summed E-state index contributed by atoms with van der Waals surface area (Å²) in [6.07, 6.45) is 3.55. The lowest BCUT2D eigenvalue weighted by atomic mass is 10.2. The predicted molar refractivity (Wildman–Crippen MR) is 86.1 cm³/mol. The Balaban J connectivity index is 0.00000133. The highest BCUT2D eigenvalue weighted by molar-refractivity contribution is 8.93. The van der Waals surface area contributed by atoms with Crippen molar-refractivity contribution in [1.82, 2.24) is 9.97 Å². The van der Waals surface area contributed by atoms with Gasteiger partial charge in [-0.15, -0.1) is 28.3 Å². The maximum Gasteiger partial charge on any atom is 0.124 e. The Morgan fingerprint density at radius 3 is 2.26 bits per heavy atom. The number of nitrogens with zero attached hydrogens (tertiary/aromatic N) is 2. The van der Waals surface area contributed by atoms with Crippen molar-refractivity contribution in [2.45, 2.75) is 0 Å². The average Bonchev–Trinajstić information content (AvgIpc) is 2.90. The summed E-state index contributed by atoms with van der Waals surface area (Å²) in [6, 6.07) is 11.6. The normalized spacial score (nSPS) is 9.95. The molecule has 96 valence electrons. The van der Waals surface area contributed by atoms with E-state index in [1.54, 1.807) is 23.7 Å². The van der Waals surface area contributed by atoms with Gasteiger partial charge in [-0.3, -0.25) is 4.98 Å². The summed E-state index contributed by atoms with van der Waals surface area (Å²) in [5.41, 5.74) is 3.15. The Morgan fingerprint density at radius 1 is 0.895 bits per heavy atom. The van der Waals surface area contributed by atoms with Crippen LogP contribution in [0.15, 0.2) is 54.2 Å². The number of hydrogen-bond donors (Lipinski definition) is 0. The fourth-order valence-corrected chi connectivity index (χ4v) is 2.62. The van der Waals surface area contributed by atoms with Crippen LogP contribution in [0.3, 0.4) is 0 Å². The number of thiazole rings is 1. The van der Waals surface area contributed by atoms with Gasteiger partial charge in [0.1, 0.15) is 5.01 Å². The Morgan fingerprint density at radius 2 is 1.58 bits per heavy atom. The number of pyridine rings is 1. The van der Waals surface area contributed by atoms with Crippen LogP contribution in [0.4, 0.5) is 0 Å². The van der Waals surface area contributed by atoms with Gasteiger partial charge in [0.15, 0.2) is 0 Å². The molecule has 2 nitrogen and oxygen atoms in total. The van der Waals surface area contributed by atoms with Crippen molar-refractivity contribution >= 4 is 39.9 Å². The highest BCUT2D eigenvalue weighted by atomic mass is 79.9. The van der Waals surface area contributed by atoms with Crippen molar-refractivity contribution in [2.24, 2.45) is 0 Å². The molecule has 0 atom stereocenters. The zero-order valence-electron chi connectivity index (χ0n) is 9.79. The van der Waals surface area contributed by atoms with Crippen molar-refractivity contribution in [3.63, 3.8) is 0 Å². The fourth-order valence-electron chi connectivity index (χ4n) is 1.65. The molecular weight excluding hydrogens is 344 g/mol. The van der Waals surface area contributed by atoms with E-state index >= 15 is 0 Å². The number of rotatable bonds is 2. The molecule has 3 aromatic rings. The lowest BCUT2D eigenvalue weighted by Gasteiger charge is -1.96. The molecule has 0 aliphatic heterocycles. The van der Waals surface area contributed by atoms with E-state index in [-0.39, 0.29) is 17.0 Å². The van der Waals surface area contributed by atoms with Crippen molar-refractivity contribution in [3.05, 3.63) is 59.2 Å². The van der Waals surface area contributed by atoms with Gasteiger partial charge in [0.25, 0.3) is 0 Å². The third kappa shape index (κ3) is 3.21. The first-order valence-corrected chi connectivity index (χ1v) is 6.70. The minimum Gasteiger partial charge on any atom is -0.265 e. The first-order valence-electron chi connectivity index (χ1n) is 5.45. The first kappa shape index (κ1) is 14.2. The molecule has 2 heterocycles. The second kappa shape index (κ2) is 6.28. The zero-order chi connectivity index (χ0) is 12.4. The van der Waals surface area contributed by atoms with Gasteiger partial charge in [0.05, 0.1) is 5.69 Å². The van der Waals surface area contributed by atoms with Crippen LogP contribution in [0.2, 0.25) is 5.02 Å². The minimum absolute atomic E-state index is 0. The quantitative estimate of drug-likeness (QED) is 0.640. The van der Waals surface area contributed by atoms with Gasteiger partial charge in [-0.05, 0) is 24.3 Å². The molecule has 0 saturated carbocycles. The van der Waals surface area contributed by atoms with Gasteiger partial charge in [-0.1, -0.05) is 23.7 Å². The van der Waals surface area contributed by atoms with Gasteiger partial charge in [0, 0.05) is 33.9 Å². The summed E-state index contributed by atoms with van der Waals surface area (Å²) >= 11 is 7.51. The molecule has 0 N–H and O–H groups in total. The lowest BCUT2D eigenvalue weighted by Crippen LogP contribution is -1.79. The van der Waals surface area contributed by atoms with E-state index in [2.05, 4.69) is 15.3 Å². The maximum absolute atomic E-state index is 5.88. The first-order chi connectivity index (χ1) is 8.83. The van der Waals surface area contributed by atoms with E-state index in [1.807, 2.05) is 36.4 Å². The van der Waals surface area contributed by atoms with Crippen LogP contribution in [0, 0.1) is 0 Å². The Labute approximate surface area is 130 Å². The van der Waals surface area contributed by atoms with Crippen LogP contribution in [-0.4, -0.2) is 9.97 Å². The molecule has 5 heteroatoms. The maximum atomic E-state index is 5.88. The van der Waals surface area contributed by atoms with E-state index < -0.39 is 0 Å². The van der Waals surface area contributed by atoms with Crippen LogP contribution >= 0.6 is 39.9 Å². The second-order valence-electron chi connectivity index (χ2n) is 3.78. The Kier molecular flexibility index (Phi) is 4.69. The van der Waals surface area contributed by atoms with Crippen molar-refractivity contribution in [2.75, 3.05) is 0 Å². The Hall–Kier alpha value is -1.23. The third-order valence-corrected chi connectivity index (χ3v) is 3.71. The monoisotopic (exact) mass is 352 g/mol. The summed E-state index contributed by atoms with van der Waals surface area (Å²) in [5.74, 6) is 0. The molecule has 0 unspecified atom stereocenters. The summed E-state index contributed by atoms with van der Waals surface area (Å²) < 4.78 is 0. The third-order valence-electron chi connectivity index (χ3n) is 2.57. The van der Waals surface area contributed by atoms with E-state index in [1.165, 1.54) is 0 Å². The largest absolute Gasteiger partial charge is 0.265 e. The molecule has 0 spiro atoms. The van der Waals surface area contributed by atoms with Gasteiger partial charge in [-0.25, -0.2) is 4.98 Å². The van der Waals surface area contributed by atoms with Crippen LogP contribution in [-0.2, 0) is 0 Å². The molecule has 0 aliphatic carbocycles. The summed E-state index contributed by atoms with van der Waals surface area (Å²) in [5, 5.41) is 3.80. The topological polar surface area (TPSA) is 25.8 Å². The molecular formula is C14H10BrClN2S. The predicted octanol–water partition coefficient (Wildman–Crippen LogP) is 5.10. The average molecular weight is 354 g/mol. The molecule has 0 fully saturated rings. The molecule has 0 aliphatic rings. The van der Waals surface area contributed by atoms with Gasteiger partial charge >= 0.3 is 0 Å². The lowest BCUT2D eigenvalue weighted by molar-refractivity contribution is 1.32. The van der Waals surface area contributed by atoms with Crippen molar-refractivity contribution in [3.8, 4) is 21.8 Å². The van der Waals surface area contributed by atoms with Crippen molar-refractivity contribution < 1.29 is 0 Å². The molecule has 0 radical (unpaired) electrons. The molecule has 3 rings (SSSR count). The Bertz CT molecular complexity index is 653. The van der Waals surface area contributed by atoms with E-state index in [4.69, 9.17) is 11.6 Å². The highest BCUT2D eigenvalue weighted by Gasteiger charge is 2.06. The molecule has 0 saturated heterocycles. The molecule has 19 heavy (non-hydrogen) atoms. The summed E-state index contributed by atoms with van der Waals surface area (Å²) in [7, 11) is 0. The SMILES string of the molecule is Br.Clc1ccc(-c2csc(-c3ccncc3)n2)cc1. The minimum atomic E-state index is 0. The smallest absolute Gasteiger partial charge is 0.124 e. The van der Waals surface area contributed by atoms with Crippen molar-refractivity contribution in [1.29, 1.82) is 0 Å². The van der Waals surface area contributed by atoms with Gasteiger partial charge in [-0.2, -0.15) is 0 Å².